The van der Waals surface area contributed by atoms with Crippen molar-refractivity contribution in [2.24, 2.45) is 0 Å². The van der Waals surface area contributed by atoms with Crippen molar-refractivity contribution < 1.29 is 4.42 Å². The van der Waals surface area contributed by atoms with Gasteiger partial charge in [0.15, 0.2) is 17.5 Å². The summed E-state index contributed by atoms with van der Waals surface area (Å²) in [5, 5.41) is 2.17. The number of para-hydroxylation sites is 1. The Morgan fingerprint density at radius 1 is 0.364 bits per heavy atom. The molecule has 262 valence electrons. The monoisotopic (exact) mass is 707 g/mol. The lowest BCUT2D eigenvalue weighted by atomic mass is 9.67. The summed E-state index contributed by atoms with van der Waals surface area (Å²) >= 11 is 0. The number of rotatable bonds is 5. The Morgan fingerprint density at radius 2 is 0.927 bits per heavy atom. The molecule has 2 heterocycles. The van der Waals surface area contributed by atoms with E-state index in [0.29, 0.717) is 17.5 Å². The van der Waals surface area contributed by atoms with E-state index in [1.165, 1.54) is 65.5 Å². The zero-order valence-electron chi connectivity index (χ0n) is 30.4. The van der Waals surface area contributed by atoms with Gasteiger partial charge in [0.2, 0.25) is 0 Å². The number of benzene rings is 7. The molecule has 4 nitrogen and oxygen atoms in total. The van der Waals surface area contributed by atoms with Crippen molar-refractivity contribution in [3.8, 4) is 67.5 Å². The van der Waals surface area contributed by atoms with Crippen LogP contribution < -0.4 is 0 Å². The van der Waals surface area contributed by atoms with Crippen LogP contribution in [0.4, 0.5) is 0 Å². The van der Waals surface area contributed by atoms with Crippen LogP contribution >= 0.6 is 0 Å². The highest BCUT2D eigenvalue weighted by molar-refractivity contribution is 6.05. The van der Waals surface area contributed by atoms with Crippen molar-refractivity contribution in [2.45, 2.75) is 37.5 Å². The number of aromatic nitrogens is 3. The minimum atomic E-state index is 0.126. The second kappa shape index (κ2) is 12.7. The molecule has 1 fully saturated rings. The third-order valence-corrected chi connectivity index (χ3v) is 12.0. The van der Waals surface area contributed by atoms with Gasteiger partial charge in [-0.2, -0.15) is 0 Å². The maximum Gasteiger partial charge on any atom is 0.164 e. The van der Waals surface area contributed by atoms with Crippen molar-refractivity contribution in [2.75, 3.05) is 0 Å². The fraction of sp³-hybridized carbons (Fsp3) is 0.118. The number of nitrogens with zero attached hydrogens (tertiary/aromatic N) is 3. The highest BCUT2D eigenvalue weighted by Gasteiger charge is 2.43. The normalized spacial score (nSPS) is 14.3. The molecular weight excluding hydrogens is 671 g/mol. The Morgan fingerprint density at radius 3 is 1.76 bits per heavy atom. The van der Waals surface area contributed by atoms with Gasteiger partial charge in [0.1, 0.15) is 11.2 Å². The molecule has 4 heteroatoms. The lowest BCUT2D eigenvalue weighted by Crippen LogP contribution is -2.28. The van der Waals surface area contributed by atoms with Gasteiger partial charge >= 0.3 is 0 Å². The first kappa shape index (κ1) is 31.8. The Balaban J connectivity index is 1.00. The first-order valence-electron chi connectivity index (χ1n) is 19.4. The van der Waals surface area contributed by atoms with Crippen molar-refractivity contribution >= 4 is 21.9 Å². The van der Waals surface area contributed by atoms with Crippen LogP contribution in [0.1, 0.15) is 43.2 Å². The molecule has 11 rings (SSSR count). The summed E-state index contributed by atoms with van der Waals surface area (Å²) in [6, 6.07) is 58.2. The maximum absolute atomic E-state index is 6.28. The van der Waals surface area contributed by atoms with E-state index in [-0.39, 0.29) is 5.41 Å². The fourth-order valence-corrected chi connectivity index (χ4v) is 9.24. The fourth-order valence-electron chi connectivity index (χ4n) is 9.24. The Bertz CT molecular complexity index is 2900. The van der Waals surface area contributed by atoms with Crippen LogP contribution in [0.25, 0.3) is 89.5 Å². The van der Waals surface area contributed by atoms with Crippen molar-refractivity contribution in [1.29, 1.82) is 0 Å². The lowest BCUT2D eigenvalue weighted by Gasteiger charge is -2.36. The number of fused-ring (bicyclic) bond motifs is 8. The van der Waals surface area contributed by atoms with Crippen molar-refractivity contribution in [1.82, 2.24) is 15.0 Å². The number of hydrogen-bond acceptors (Lipinski definition) is 4. The summed E-state index contributed by atoms with van der Waals surface area (Å²) in [5.74, 6) is 1.86. The molecule has 0 saturated heterocycles. The molecule has 0 radical (unpaired) electrons. The lowest BCUT2D eigenvalue weighted by molar-refractivity contribution is 0.353. The molecule has 0 bridgehead atoms. The maximum atomic E-state index is 6.28. The van der Waals surface area contributed by atoms with E-state index in [1.54, 1.807) is 0 Å². The van der Waals surface area contributed by atoms with Crippen molar-refractivity contribution in [3.05, 3.63) is 175 Å². The third-order valence-electron chi connectivity index (χ3n) is 12.0. The first-order chi connectivity index (χ1) is 27.2. The third kappa shape index (κ3) is 5.32. The average molecular weight is 708 g/mol. The summed E-state index contributed by atoms with van der Waals surface area (Å²) in [4.78, 5) is 15.3. The van der Waals surface area contributed by atoms with Crippen LogP contribution in [0.15, 0.2) is 168 Å². The Labute approximate surface area is 320 Å². The molecule has 1 saturated carbocycles. The number of furan rings is 1. The zero-order valence-corrected chi connectivity index (χ0v) is 30.4. The zero-order chi connectivity index (χ0) is 36.3. The van der Waals surface area contributed by atoms with Gasteiger partial charge in [0, 0.05) is 32.9 Å². The van der Waals surface area contributed by atoms with Crippen LogP contribution in [0, 0.1) is 0 Å². The molecule has 2 aromatic heterocycles. The quantitative estimate of drug-likeness (QED) is 0.179. The summed E-state index contributed by atoms with van der Waals surface area (Å²) in [5.41, 5.74) is 15.1. The van der Waals surface area contributed by atoms with Crippen LogP contribution in [0.3, 0.4) is 0 Å². The molecule has 9 aromatic rings. The second-order valence-corrected chi connectivity index (χ2v) is 15.1. The summed E-state index contributed by atoms with van der Waals surface area (Å²) in [6.07, 6.45) is 6.34. The molecule has 7 aromatic carbocycles. The summed E-state index contributed by atoms with van der Waals surface area (Å²) in [7, 11) is 0. The van der Waals surface area contributed by atoms with E-state index in [9.17, 15) is 0 Å². The van der Waals surface area contributed by atoms with Crippen LogP contribution in [-0.2, 0) is 5.41 Å². The van der Waals surface area contributed by atoms with Gasteiger partial charge in [-0.05, 0) is 87.7 Å². The second-order valence-electron chi connectivity index (χ2n) is 15.1. The van der Waals surface area contributed by atoms with Crippen LogP contribution in [0.5, 0.6) is 0 Å². The molecule has 2 aliphatic carbocycles. The van der Waals surface area contributed by atoms with E-state index in [4.69, 9.17) is 19.4 Å². The van der Waals surface area contributed by atoms with Gasteiger partial charge in [0.05, 0.1) is 0 Å². The summed E-state index contributed by atoms with van der Waals surface area (Å²) < 4.78 is 6.28. The minimum absolute atomic E-state index is 0.126. The van der Waals surface area contributed by atoms with Crippen LogP contribution in [-0.4, -0.2) is 15.0 Å². The van der Waals surface area contributed by atoms with Crippen molar-refractivity contribution in [3.63, 3.8) is 0 Å². The number of hydrogen-bond donors (Lipinski definition) is 0. The Hall–Kier alpha value is -6.65. The molecular formula is C51H37N3O. The van der Waals surface area contributed by atoms with E-state index in [1.807, 2.05) is 30.3 Å². The van der Waals surface area contributed by atoms with Gasteiger partial charge in [-0.3, -0.25) is 0 Å². The molecule has 2 aliphatic rings. The standard InChI is InChI=1S/C51H37N3O/c1-3-12-33(13-4-1)36-14-11-15-38(30-36)49-52-48(53-50(54-49)39-25-27-43-42-17-6-8-19-46(42)55-47(43)32-39)35-22-20-34(21-23-35)37-24-26-41-40-16-5-7-18-44(40)51(45(41)31-37)28-9-2-10-29-51/h1,3-8,11-27,30-32H,2,9-10,28-29H2. The van der Waals surface area contributed by atoms with Gasteiger partial charge in [0.25, 0.3) is 0 Å². The smallest absolute Gasteiger partial charge is 0.164 e. The van der Waals surface area contributed by atoms with Gasteiger partial charge in [-0.25, -0.2) is 15.0 Å². The average Bonchev–Trinajstić information content (AvgIpc) is 3.76. The highest BCUT2D eigenvalue weighted by Crippen LogP contribution is 2.56. The van der Waals surface area contributed by atoms with E-state index in [2.05, 4.69) is 133 Å². The molecule has 0 N–H and O–H groups in total. The highest BCUT2D eigenvalue weighted by atomic mass is 16.3. The predicted octanol–water partition coefficient (Wildman–Crippen LogP) is 13.3. The topological polar surface area (TPSA) is 51.8 Å². The largest absolute Gasteiger partial charge is 0.456 e. The van der Waals surface area contributed by atoms with E-state index in [0.717, 1.165) is 49.8 Å². The SMILES string of the molecule is c1ccc(-c2cccc(-c3nc(-c4ccc(-c5ccc6c(c5)C5(CCCCC5)c5ccccc5-6)cc4)nc(-c4ccc5c(c4)oc4ccccc45)n3)c2)cc1. The molecule has 0 aliphatic heterocycles. The van der Waals surface area contributed by atoms with Crippen LogP contribution in [0.2, 0.25) is 0 Å². The molecule has 0 atom stereocenters. The van der Waals surface area contributed by atoms with E-state index < -0.39 is 0 Å². The molecule has 1 spiro atoms. The predicted molar refractivity (Wildman–Crippen MR) is 224 cm³/mol. The first-order valence-corrected chi connectivity index (χ1v) is 19.4. The summed E-state index contributed by atoms with van der Waals surface area (Å²) in [6.45, 7) is 0. The molecule has 55 heavy (non-hydrogen) atoms. The minimum Gasteiger partial charge on any atom is -0.456 e. The van der Waals surface area contributed by atoms with E-state index >= 15 is 0 Å². The molecule has 0 unspecified atom stereocenters. The van der Waals surface area contributed by atoms with Gasteiger partial charge in [-0.15, -0.1) is 0 Å². The van der Waals surface area contributed by atoms with Gasteiger partial charge < -0.3 is 4.42 Å². The van der Waals surface area contributed by atoms with Gasteiger partial charge in [-0.1, -0.05) is 153 Å². The molecule has 0 amide bonds. The Kier molecular flexibility index (Phi) is 7.38.